The molecule has 0 spiro atoms. The molecule has 1 aliphatic rings. The number of carbonyl (C=O) groups excluding carboxylic acids is 1. The van der Waals surface area contributed by atoms with Crippen molar-refractivity contribution in [2.45, 2.75) is 30.2 Å². The molecule has 1 aliphatic carbocycles. The first-order chi connectivity index (χ1) is 11.4. The quantitative estimate of drug-likeness (QED) is 0.859. The van der Waals surface area contributed by atoms with Crippen molar-refractivity contribution < 1.29 is 17.9 Å². The fraction of sp³-hybridized carbons (Fsp3) is 0.353. The Morgan fingerprint density at radius 1 is 1.33 bits per heavy atom. The lowest BCUT2D eigenvalue weighted by molar-refractivity contribution is 0.0590. The van der Waals surface area contributed by atoms with Gasteiger partial charge in [-0.3, -0.25) is 0 Å². The minimum Gasteiger partial charge on any atom is -0.464 e. The first-order valence-corrected chi connectivity index (χ1v) is 9.25. The maximum atomic E-state index is 12.7. The van der Waals surface area contributed by atoms with Gasteiger partial charge in [-0.25, -0.2) is 17.9 Å². The van der Waals surface area contributed by atoms with Crippen molar-refractivity contribution in [1.82, 2.24) is 9.29 Å². The van der Waals surface area contributed by atoms with Gasteiger partial charge in [0.15, 0.2) is 0 Å². The van der Waals surface area contributed by atoms with Gasteiger partial charge in [-0.1, -0.05) is 24.3 Å². The summed E-state index contributed by atoms with van der Waals surface area (Å²) in [6, 6.07) is 8.98. The number of aryl methyl sites for hydroxylation is 2. The Morgan fingerprint density at radius 2 is 2.08 bits per heavy atom. The molecule has 1 aromatic heterocycles. The van der Waals surface area contributed by atoms with Gasteiger partial charge in [-0.05, 0) is 36.5 Å². The van der Waals surface area contributed by atoms with E-state index in [4.69, 9.17) is 0 Å². The topological polar surface area (TPSA) is 77.4 Å². The summed E-state index contributed by atoms with van der Waals surface area (Å²) in [5.41, 5.74) is 2.40. The number of benzene rings is 1. The molecule has 0 aliphatic heterocycles. The molecule has 128 valence electrons. The summed E-state index contributed by atoms with van der Waals surface area (Å²) in [7, 11) is -0.848. The molecule has 0 radical (unpaired) electrons. The van der Waals surface area contributed by atoms with Gasteiger partial charge >= 0.3 is 5.97 Å². The van der Waals surface area contributed by atoms with Crippen molar-refractivity contribution in [2.75, 3.05) is 7.11 Å². The van der Waals surface area contributed by atoms with Crippen molar-refractivity contribution in [1.29, 1.82) is 0 Å². The summed E-state index contributed by atoms with van der Waals surface area (Å²) in [5.74, 6) is -0.568. The third-order valence-electron chi connectivity index (χ3n) is 4.35. The molecule has 0 bridgehead atoms. The molecule has 1 aromatic carbocycles. The van der Waals surface area contributed by atoms with Gasteiger partial charge in [0.25, 0.3) is 0 Å². The Balaban J connectivity index is 1.89. The molecule has 3 rings (SSSR count). The predicted octanol–water partition coefficient (Wildman–Crippen LogP) is 2.17. The number of rotatable bonds is 4. The van der Waals surface area contributed by atoms with Crippen LogP contribution in [0, 0.1) is 0 Å². The number of hydrogen-bond donors (Lipinski definition) is 1. The molecule has 1 unspecified atom stereocenters. The van der Waals surface area contributed by atoms with Gasteiger partial charge in [0, 0.05) is 19.3 Å². The third kappa shape index (κ3) is 3.09. The smallest absolute Gasteiger partial charge is 0.354 e. The van der Waals surface area contributed by atoms with Crippen LogP contribution >= 0.6 is 0 Å². The van der Waals surface area contributed by atoms with Crippen LogP contribution in [0.15, 0.2) is 41.4 Å². The van der Waals surface area contributed by atoms with Gasteiger partial charge in [0.2, 0.25) is 10.0 Å². The molecular weight excluding hydrogens is 328 g/mol. The van der Waals surface area contributed by atoms with Crippen molar-refractivity contribution >= 4 is 16.0 Å². The zero-order chi connectivity index (χ0) is 17.3. The van der Waals surface area contributed by atoms with Crippen LogP contribution in [-0.4, -0.2) is 26.1 Å². The summed E-state index contributed by atoms with van der Waals surface area (Å²) in [4.78, 5) is 11.7. The minimum atomic E-state index is -3.72. The molecular formula is C17H20N2O4S. The first kappa shape index (κ1) is 16.7. The van der Waals surface area contributed by atoms with Crippen molar-refractivity contribution in [2.24, 2.45) is 7.05 Å². The van der Waals surface area contributed by atoms with E-state index in [9.17, 15) is 13.2 Å². The van der Waals surface area contributed by atoms with Gasteiger partial charge in [0.05, 0.1) is 7.11 Å². The van der Waals surface area contributed by atoms with E-state index in [-0.39, 0.29) is 16.6 Å². The summed E-state index contributed by atoms with van der Waals surface area (Å²) < 4.78 is 34.3. The van der Waals surface area contributed by atoms with E-state index in [1.54, 1.807) is 7.05 Å². The first-order valence-electron chi connectivity index (χ1n) is 7.77. The number of sulfonamides is 1. The SMILES string of the molecule is COC(=O)c1cc(S(=O)(=O)NC2CCCc3ccccc32)cn1C. The van der Waals surface area contributed by atoms with Crippen LogP contribution in [0.25, 0.3) is 0 Å². The third-order valence-corrected chi connectivity index (χ3v) is 5.79. The van der Waals surface area contributed by atoms with Gasteiger partial charge in [-0.15, -0.1) is 0 Å². The zero-order valence-corrected chi connectivity index (χ0v) is 14.5. The van der Waals surface area contributed by atoms with Crippen molar-refractivity contribution in [3.8, 4) is 0 Å². The molecule has 1 atom stereocenters. The number of nitrogens with zero attached hydrogens (tertiary/aromatic N) is 1. The van der Waals surface area contributed by atoms with E-state index in [2.05, 4.69) is 9.46 Å². The highest BCUT2D eigenvalue weighted by Gasteiger charge is 2.27. The number of nitrogens with one attached hydrogen (secondary N) is 1. The number of esters is 1. The highest BCUT2D eigenvalue weighted by atomic mass is 32.2. The lowest BCUT2D eigenvalue weighted by Crippen LogP contribution is -2.30. The molecule has 7 heteroatoms. The molecule has 24 heavy (non-hydrogen) atoms. The second-order valence-corrected chi connectivity index (χ2v) is 7.64. The molecule has 1 N–H and O–H groups in total. The lowest BCUT2D eigenvalue weighted by atomic mass is 9.88. The molecule has 0 amide bonds. The lowest BCUT2D eigenvalue weighted by Gasteiger charge is -2.25. The Labute approximate surface area is 141 Å². The molecule has 0 saturated heterocycles. The Bertz CT molecular complexity index is 870. The van der Waals surface area contributed by atoms with Crippen LogP contribution in [0.1, 0.15) is 40.5 Å². The van der Waals surface area contributed by atoms with E-state index in [1.165, 1.54) is 29.5 Å². The van der Waals surface area contributed by atoms with Crippen LogP contribution < -0.4 is 4.72 Å². The van der Waals surface area contributed by atoms with E-state index in [0.717, 1.165) is 24.8 Å². The highest BCUT2D eigenvalue weighted by Crippen LogP contribution is 2.31. The molecule has 6 nitrogen and oxygen atoms in total. The summed E-state index contributed by atoms with van der Waals surface area (Å²) in [5, 5.41) is 0. The fourth-order valence-electron chi connectivity index (χ4n) is 3.12. The zero-order valence-electron chi connectivity index (χ0n) is 13.7. The number of ether oxygens (including phenoxy) is 1. The number of methoxy groups -OCH3 is 1. The van der Waals surface area contributed by atoms with Crippen molar-refractivity contribution in [3.05, 3.63) is 53.3 Å². The predicted molar refractivity (Wildman–Crippen MR) is 89.2 cm³/mol. The number of fused-ring (bicyclic) bond motifs is 1. The maximum absolute atomic E-state index is 12.7. The molecule has 2 aromatic rings. The van der Waals surface area contributed by atoms with Gasteiger partial charge < -0.3 is 9.30 Å². The maximum Gasteiger partial charge on any atom is 0.354 e. The van der Waals surface area contributed by atoms with Gasteiger partial charge in [0.1, 0.15) is 10.6 Å². The van der Waals surface area contributed by atoms with E-state index >= 15 is 0 Å². The standard InChI is InChI=1S/C17H20N2O4S/c1-19-11-13(10-16(19)17(20)23-2)24(21,22)18-15-9-5-7-12-6-3-4-8-14(12)15/h3-4,6,8,10-11,15,18H,5,7,9H2,1-2H3. The van der Waals surface area contributed by atoms with Gasteiger partial charge in [-0.2, -0.15) is 0 Å². The average Bonchev–Trinajstić information content (AvgIpc) is 2.97. The normalized spacial score (nSPS) is 17.3. The average molecular weight is 348 g/mol. The summed E-state index contributed by atoms with van der Waals surface area (Å²) in [6.07, 6.45) is 4.08. The van der Waals surface area contributed by atoms with E-state index in [0.29, 0.717) is 0 Å². The molecule has 0 saturated carbocycles. The van der Waals surface area contributed by atoms with Crippen LogP contribution in [0.5, 0.6) is 0 Å². The number of aromatic nitrogens is 1. The Morgan fingerprint density at radius 3 is 2.83 bits per heavy atom. The largest absolute Gasteiger partial charge is 0.464 e. The molecule has 1 heterocycles. The second-order valence-electron chi connectivity index (χ2n) is 5.93. The molecule has 0 fully saturated rings. The number of carbonyl (C=O) groups is 1. The summed E-state index contributed by atoms with van der Waals surface area (Å²) >= 11 is 0. The highest BCUT2D eigenvalue weighted by molar-refractivity contribution is 7.89. The Hall–Kier alpha value is -2.12. The van der Waals surface area contributed by atoms with E-state index < -0.39 is 16.0 Å². The van der Waals surface area contributed by atoms with Crippen LogP contribution in [0.2, 0.25) is 0 Å². The van der Waals surface area contributed by atoms with Crippen LogP contribution in [0.4, 0.5) is 0 Å². The fourth-order valence-corrected chi connectivity index (χ4v) is 4.44. The van der Waals surface area contributed by atoms with Crippen LogP contribution in [0.3, 0.4) is 0 Å². The van der Waals surface area contributed by atoms with E-state index in [1.807, 2.05) is 24.3 Å². The second kappa shape index (κ2) is 6.41. The monoisotopic (exact) mass is 348 g/mol. The Kier molecular flexibility index (Phi) is 4.47. The van der Waals surface area contributed by atoms with Crippen molar-refractivity contribution in [3.63, 3.8) is 0 Å². The number of hydrogen-bond acceptors (Lipinski definition) is 4. The minimum absolute atomic E-state index is 0.0634. The summed E-state index contributed by atoms with van der Waals surface area (Å²) in [6.45, 7) is 0. The van der Waals surface area contributed by atoms with Crippen LogP contribution in [-0.2, 0) is 28.2 Å².